The maximum absolute atomic E-state index is 13.1. The van der Waals surface area contributed by atoms with Crippen molar-refractivity contribution >= 4 is 18.4 Å². The normalized spacial score (nSPS) is 16.5. The maximum Gasteiger partial charge on any atom is 0.416 e. The number of rotatable bonds is 10. The van der Waals surface area contributed by atoms with Crippen molar-refractivity contribution in [2.45, 2.75) is 43.8 Å². The lowest BCUT2D eigenvalue weighted by molar-refractivity contribution is -0.137. The van der Waals surface area contributed by atoms with E-state index in [-0.39, 0.29) is 43.5 Å². The zero-order chi connectivity index (χ0) is 29.9. The fourth-order valence-electron chi connectivity index (χ4n) is 5.35. The van der Waals surface area contributed by atoms with Crippen LogP contribution in [0.3, 0.4) is 0 Å². The number of halogens is 4. The van der Waals surface area contributed by atoms with Gasteiger partial charge in [0.25, 0.3) is 0 Å². The van der Waals surface area contributed by atoms with E-state index in [4.69, 9.17) is 18.9 Å². The van der Waals surface area contributed by atoms with E-state index in [1.54, 1.807) is 13.2 Å². The third-order valence-corrected chi connectivity index (χ3v) is 7.64. The molecule has 8 nitrogen and oxygen atoms in total. The molecule has 0 aromatic heterocycles. The van der Waals surface area contributed by atoms with Crippen LogP contribution >= 0.6 is 12.4 Å². The molecule has 12 heteroatoms. The van der Waals surface area contributed by atoms with Gasteiger partial charge in [0.15, 0.2) is 0 Å². The first-order valence-corrected chi connectivity index (χ1v) is 13.6. The molecule has 2 heterocycles. The molecule has 0 bridgehead atoms. The average Bonchev–Trinajstić information content (AvgIpc) is 3.33. The molecule has 1 saturated heterocycles. The summed E-state index contributed by atoms with van der Waals surface area (Å²) in [5.41, 5.74) is 0.189. The van der Waals surface area contributed by atoms with Gasteiger partial charge in [0.05, 0.1) is 12.7 Å². The zero-order valence-corrected chi connectivity index (χ0v) is 24.2. The molecule has 232 valence electrons. The Balaban J connectivity index is 0.00000423. The van der Waals surface area contributed by atoms with Crippen LogP contribution in [0.5, 0.6) is 23.0 Å². The number of aliphatic hydroxyl groups is 1. The fraction of sp³-hybridized carbons (Fsp3) is 0.387. The minimum Gasteiger partial charge on any atom is -0.497 e. The first-order chi connectivity index (χ1) is 20.0. The van der Waals surface area contributed by atoms with Crippen molar-refractivity contribution in [1.29, 1.82) is 0 Å². The molecule has 5 rings (SSSR count). The summed E-state index contributed by atoms with van der Waals surface area (Å²) in [7, 11) is 1.58. The summed E-state index contributed by atoms with van der Waals surface area (Å²) >= 11 is 0. The highest BCUT2D eigenvalue weighted by molar-refractivity contribution is 5.91. The molecule has 0 radical (unpaired) electrons. The molecule has 3 aromatic carbocycles. The van der Waals surface area contributed by atoms with Gasteiger partial charge in [0, 0.05) is 45.0 Å². The van der Waals surface area contributed by atoms with Gasteiger partial charge < -0.3 is 34.1 Å². The summed E-state index contributed by atoms with van der Waals surface area (Å²) in [6.45, 7) is 1.59. The number of aromatic carboxylic acids is 1. The maximum atomic E-state index is 13.1. The summed E-state index contributed by atoms with van der Waals surface area (Å²) in [6, 6.07) is 15.4. The smallest absolute Gasteiger partial charge is 0.416 e. The van der Waals surface area contributed by atoms with Gasteiger partial charge in [-0.05, 0) is 53.6 Å². The highest BCUT2D eigenvalue weighted by Crippen LogP contribution is 2.43. The molecule has 2 aliphatic heterocycles. The molecule has 0 saturated carbocycles. The SMILES string of the molecule is COc1ccc(COc2ccc(C(=O)O)c(OC[C@@H](O)CN3CCC4(CC3)Cc3cc(C(F)(F)F)ccc3O4)c2)cc1.Cl. The van der Waals surface area contributed by atoms with Crippen LogP contribution in [0.15, 0.2) is 60.7 Å². The highest BCUT2D eigenvalue weighted by atomic mass is 35.5. The molecule has 43 heavy (non-hydrogen) atoms. The van der Waals surface area contributed by atoms with E-state index in [1.165, 1.54) is 24.3 Å². The van der Waals surface area contributed by atoms with Gasteiger partial charge in [0.2, 0.25) is 0 Å². The third-order valence-electron chi connectivity index (χ3n) is 7.64. The number of hydrogen-bond acceptors (Lipinski definition) is 7. The third kappa shape index (κ3) is 7.84. The van der Waals surface area contributed by atoms with Crippen LogP contribution in [-0.4, -0.2) is 66.1 Å². The second-order valence-corrected chi connectivity index (χ2v) is 10.6. The lowest BCUT2D eigenvalue weighted by Crippen LogP contribution is -2.49. The zero-order valence-electron chi connectivity index (χ0n) is 23.4. The monoisotopic (exact) mass is 623 g/mol. The number of aliphatic hydroxyl groups excluding tert-OH is 1. The van der Waals surface area contributed by atoms with Gasteiger partial charge in [-0.3, -0.25) is 0 Å². The number of hydrogen-bond donors (Lipinski definition) is 2. The molecule has 1 fully saturated rings. The first-order valence-electron chi connectivity index (χ1n) is 13.6. The summed E-state index contributed by atoms with van der Waals surface area (Å²) in [4.78, 5) is 13.8. The number of carboxylic acid groups (broad SMARTS) is 1. The van der Waals surface area contributed by atoms with Gasteiger partial charge in [-0.25, -0.2) is 4.79 Å². The molecule has 2 aliphatic rings. The molecular weight excluding hydrogens is 591 g/mol. The van der Waals surface area contributed by atoms with Gasteiger partial charge in [0.1, 0.15) is 53.5 Å². The Morgan fingerprint density at radius 2 is 1.72 bits per heavy atom. The van der Waals surface area contributed by atoms with Crippen LogP contribution in [0.25, 0.3) is 0 Å². The van der Waals surface area contributed by atoms with Crippen molar-refractivity contribution in [1.82, 2.24) is 4.90 Å². The standard InChI is InChI=1S/C31H32F3NO7.ClH/c1-39-24-5-2-20(3-6-24)18-40-25-7-8-26(29(37)38)28(15-25)41-19-23(36)17-35-12-10-30(11-13-35)16-21-14-22(31(32,33)34)4-9-27(21)42-30;/h2-9,14-15,23,36H,10-13,16-19H2,1H3,(H,37,38);1H/t23-;/m0./s1. The van der Waals surface area contributed by atoms with Crippen LogP contribution in [0.1, 0.15) is 39.9 Å². The average molecular weight is 624 g/mol. The van der Waals surface area contributed by atoms with Crippen molar-refractivity contribution in [2.75, 3.05) is 33.4 Å². The number of carboxylic acids is 1. The van der Waals surface area contributed by atoms with Crippen molar-refractivity contribution in [2.24, 2.45) is 0 Å². The quantitative estimate of drug-likeness (QED) is 0.300. The number of ether oxygens (including phenoxy) is 4. The van der Waals surface area contributed by atoms with Crippen LogP contribution in [0.2, 0.25) is 0 Å². The topological polar surface area (TPSA) is 97.7 Å². The summed E-state index contributed by atoms with van der Waals surface area (Å²) in [5.74, 6) is 0.559. The second-order valence-electron chi connectivity index (χ2n) is 10.6. The predicted octanol–water partition coefficient (Wildman–Crippen LogP) is 5.62. The van der Waals surface area contributed by atoms with E-state index in [1.807, 2.05) is 29.2 Å². The molecule has 0 amide bonds. The predicted molar refractivity (Wildman–Crippen MR) is 154 cm³/mol. The number of likely N-dealkylation sites (tertiary alicyclic amines) is 1. The molecular formula is C31H33ClF3NO7. The summed E-state index contributed by atoms with van der Waals surface area (Å²) in [6.07, 6.45) is -3.68. The second kappa shape index (κ2) is 13.3. The molecule has 1 atom stereocenters. The number of alkyl halides is 3. The summed E-state index contributed by atoms with van der Waals surface area (Å²) in [5, 5.41) is 20.3. The summed E-state index contributed by atoms with van der Waals surface area (Å²) < 4.78 is 62.1. The number of benzene rings is 3. The number of nitrogens with zero attached hydrogens (tertiary/aromatic N) is 1. The Kier molecular flexibility index (Phi) is 9.99. The Labute approximate surface area is 253 Å². The van der Waals surface area contributed by atoms with E-state index in [0.717, 1.165) is 17.4 Å². The Morgan fingerprint density at radius 3 is 2.37 bits per heavy atom. The highest BCUT2D eigenvalue weighted by Gasteiger charge is 2.43. The van der Waals surface area contributed by atoms with Crippen molar-refractivity contribution in [3.63, 3.8) is 0 Å². The minimum atomic E-state index is -4.40. The fourth-order valence-corrected chi connectivity index (χ4v) is 5.35. The van der Waals surface area contributed by atoms with E-state index in [2.05, 4.69) is 0 Å². The van der Waals surface area contributed by atoms with E-state index < -0.39 is 29.4 Å². The molecule has 2 N–H and O–H groups in total. The Morgan fingerprint density at radius 1 is 1.02 bits per heavy atom. The largest absolute Gasteiger partial charge is 0.497 e. The Hall–Kier alpha value is -3.67. The minimum absolute atomic E-state index is 0. The lowest BCUT2D eigenvalue weighted by atomic mass is 9.86. The lowest BCUT2D eigenvalue weighted by Gasteiger charge is -2.39. The van der Waals surface area contributed by atoms with Crippen molar-refractivity contribution < 1.29 is 47.1 Å². The van der Waals surface area contributed by atoms with Gasteiger partial charge in [-0.1, -0.05) is 12.1 Å². The van der Waals surface area contributed by atoms with Crippen LogP contribution < -0.4 is 18.9 Å². The molecule has 0 unspecified atom stereocenters. The van der Waals surface area contributed by atoms with E-state index in [9.17, 15) is 28.2 Å². The van der Waals surface area contributed by atoms with E-state index >= 15 is 0 Å². The van der Waals surface area contributed by atoms with Crippen molar-refractivity contribution in [3.05, 3.63) is 82.9 Å². The van der Waals surface area contributed by atoms with Crippen LogP contribution in [-0.2, 0) is 19.2 Å². The number of carbonyl (C=O) groups is 1. The number of methoxy groups -OCH3 is 1. The van der Waals surface area contributed by atoms with Gasteiger partial charge >= 0.3 is 12.1 Å². The van der Waals surface area contributed by atoms with Crippen molar-refractivity contribution in [3.8, 4) is 23.0 Å². The number of fused-ring (bicyclic) bond motifs is 1. The van der Waals surface area contributed by atoms with Gasteiger partial charge in [-0.15, -0.1) is 12.4 Å². The van der Waals surface area contributed by atoms with Crippen LogP contribution in [0.4, 0.5) is 13.2 Å². The number of β-amino-alcohol motifs (C(OH)–C–C–N with tert-alkyl or cyclic N) is 1. The van der Waals surface area contributed by atoms with E-state index in [0.29, 0.717) is 49.4 Å². The molecule has 3 aromatic rings. The number of piperidine rings is 1. The molecule has 1 spiro atoms. The van der Waals surface area contributed by atoms with Crippen LogP contribution in [0, 0.1) is 0 Å². The van der Waals surface area contributed by atoms with Gasteiger partial charge in [-0.2, -0.15) is 13.2 Å². The molecule has 0 aliphatic carbocycles. The Bertz CT molecular complexity index is 1410. The first kappa shape index (κ1) is 32.2.